The molecule has 1 N–H and O–H groups in total. The fourth-order valence-electron chi connectivity index (χ4n) is 4.26. The normalized spacial score (nSPS) is 12.6. The predicted octanol–water partition coefficient (Wildman–Crippen LogP) is 6.07. The van der Waals surface area contributed by atoms with Gasteiger partial charge in [-0.1, -0.05) is 46.6 Å². The number of rotatable bonds is 9. The number of fused-ring (bicyclic) bond motifs is 1. The first-order valence-corrected chi connectivity index (χ1v) is 13.2. The van der Waals surface area contributed by atoms with E-state index in [0.29, 0.717) is 47.5 Å². The van der Waals surface area contributed by atoms with Crippen LogP contribution in [0.3, 0.4) is 0 Å². The number of unbranched alkanes of at least 4 members (excludes halogenated alkanes) is 2. The molecule has 0 fully saturated rings. The molecule has 0 bridgehead atoms. The van der Waals surface area contributed by atoms with Crippen molar-refractivity contribution in [2.75, 3.05) is 19.0 Å². The van der Waals surface area contributed by atoms with Gasteiger partial charge in [0.15, 0.2) is 0 Å². The standard InChI is InChI=1S/C27H25BrN2O5S/c1-16-22(17-11-13-18(28)14-12-17)23(27(34)35-2)24(36-16)29-21(31)10-4-3-7-15-30-25(32)19-8-5-6-9-20(19)26(30)33/h5-6,8-9,11-14H,3-4,7,10,15H2,1-2H3,(H,29,31). The number of hydrogen-bond acceptors (Lipinski definition) is 6. The summed E-state index contributed by atoms with van der Waals surface area (Å²) in [5, 5.41) is 3.34. The van der Waals surface area contributed by atoms with E-state index in [1.54, 1.807) is 24.3 Å². The Balaban J connectivity index is 1.33. The zero-order valence-corrected chi connectivity index (χ0v) is 22.3. The third kappa shape index (κ3) is 5.27. The first-order chi connectivity index (χ1) is 17.3. The molecule has 0 saturated carbocycles. The highest BCUT2D eigenvalue weighted by molar-refractivity contribution is 9.10. The third-order valence-electron chi connectivity index (χ3n) is 6.02. The Morgan fingerprint density at radius 3 is 2.22 bits per heavy atom. The highest BCUT2D eigenvalue weighted by Gasteiger charge is 2.34. The number of esters is 1. The maximum Gasteiger partial charge on any atom is 0.341 e. The number of methoxy groups -OCH3 is 1. The quantitative estimate of drug-likeness (QED) is 0.192. The molecule has 186 valence electrons. The summed E-state index contributed by atoms with van der Waals surface area (Å²) in [6.07, 6.45) is 2.13. The van der Waals surface area contributed by atoms with Gasteiger partial charge in [0.1, 0.15) is 10.6 Å². The minimum Gasteiger partial charge on any atom is -0.465 e. The van der Waals surface area contributed by atoms with E-state index in [4.69, 9.17) is 4.74 Å². The van der Waals surface area contributed by atoms with E-state index in [1.807, 2.05) is 31.2 Å². The fourth-order valence-corrected chi connectivity index (χ4v) is 5.60. The highest BCUT2D eigenvalue weighted by Crippen LogP contribution is 2.40. The number of ether oxygens (including phenoxy) is 1. The summed E-state index contributed by atoms with van der Waals surface area (Å²) in [5.74, 6) is -1.24. The van der Waals surface area contributed by atoms with Crippen LogP contribution in [0.2, 0.25) is 0 Å². The van der Waals surface area contributed by atoms with Crippen molar-refractivity contribution in [1.29, 1.82) is 0 Å². The Bertz CT molecular complexity index is 1300. The van der Waals surface area contributed by atoms with Crippen LogP contribution in [0.4, 0.5) is 5.00 Å². The van der Waals surface area contributed by atoms with Crippen molar-refractivity contribution in [2.24, 2.45) is 0 Å². The molecule has 36 heavy (non-hydrogen) atoms. The summed E-state index contributed by atoms with van der Waals surface area (Å²) >= 11 is 4.76. The van der Waals surface area contributed by atoms with Crippen molar-refractivity contribution in [3.8, 4) is 11.1 Å². The Hall–Kier alpha value is -3.30. The van der Waals surface area contributed by atoms with Gasteiger partial charge in [0, 0.05) is 27.9 Å². The third-order valence-corrected chi connectivity index (χ3v) is 7.57. The molecule has 1 aliphatic heterocycles. The number of benzene rings is 2. The van der Waals surface area contributed by atoms with Crippen LogP contribution in [0, 0.1) is 6.92 Å². The lowest BCUT2D eigenvalue weighted by Crippen LogP contribution is -2.30. The number of nitrogens with one attached hydrogen (secondary N) is 1. The topological polar surface area (TPSA) is 92.8 Å². The first kappa shape index (κ1) is 25.8. The molecule has 7 nitrogen and oxygen atoms in total. The van der Waals surface area contributed by atoms with Crippen LogP contribution in [-0.4, -0.2) is 42.2 Å². The first-order valence-electron chi connectivity index (χ1n) is 11.5. The Labute approximate surface area is 221 Å². The van der Waals surface area contributed by atoms with Gasteiger partial charge in [-0.3, -0.25) is 19.3 Å². The number of anilines is 1. The Kier molecular flexibility index (Phi) is 8.01. The molecule has 0 aliphatic carbocycles. The van der Waals surface area contributed by atoms with Gasteiger partial charge in [-0.05, 0) is 49.6 Å². The molecule has 1 aliphatic rings. The molecule has 9 heteroatoms. The van der Waals surface area contributed by atoms with Gasteiger partial charge in [0.2, 0.25) is 5.91 Å². The lowest BCUT2D eigenvalue weighted by Gasteiger charge is -2.13. The zero-order valence-electron chi connectivity index (χ0n) is 19.9. The SMILES string of the molecule is COC(=O)c1c(NC(=O)CCCCCN2C(=O)c3ccccc3C2=O)sc(C)c1-c1ccc(Br)cc1. The smallest absolute Gasteiger partial charge is 0.341 e. The summed E-state index contributed by atoms with van der Waals surface area (Å²) in [7, 11) is 1.32. The second kappa shape index (κ2) is 11.2. The van der Waals surface area contributed by atoms with Crippen LogP contribution in [0.1, 0.15) is 61.6 Å². The molecule has 3 aromatic rings. The second-order valence-electron chi connectivity index (χ2n) is 8.40. The van der Waals surface area contributed by atoms with Crippen LogP contribution in [0.5, 0.6) is 0 Å². The zero-order chi connectivity index (χ0) is 25.8. The van der Waals surface area contributed by atoms with Crippen molar-refractivity contribution < 1.29 is 23.9 Å². The number of hydrogen-bond donors (Lipinski definition) is 1. The van der Waals surface area contributed by atoms with Crippen molar-refractivity contribution in [1.82, 2.24) is 4.90 Å². The number of thiophene rings is 1. The Morgan fingerprint density at radius 2 is 1.61 bits per heavy atom. The van der Waals surface area contributed by atoms with Crippen LogP contribution in [-0.2, 0) is 9.53 Å². The van der Waals surface area contributed by atoms with Crippen molar-refractivity contribution in [2.45, 2.75) is 32.6 Å². The summed E-state index contributed by atoms with van der Waals surface area (Å²) in [5.41, 5.74) is 2.84. The maximum absolute atomic E-state index is 12.7. The fraction of sp³-hybridized carbons (Fsp3) is 0.259. The Morgan fingerprint density at radius 1 is 0.972 bits per heavy atom. The molecule has 2 heterocycles. The van der Waals surface area contributed by atoms with E-state index in [9.17, 15) is 19.2 Å². The average molecular weight is 569 g/mol. The molecule has 1 aromatic heterocycles. The largest absolute Gasteiger partial charge is 0.465 e. The second-order valence-corrected chi connectivity index (χ2v) is 10.5. The average Bonchev–Trinajstić information content (AvgIpc) is 3.32. The van der Waals surface area contributed by atoms with Crippen LogP contribution >= 0.6 is 27.3 Å². The van der Waals surface area contributed by atoms with E-state index in [-0.39, 0.29) is 24.1 Å². The number of carbonyl (C=O) groups excluding carboxylic acids is 4. The van der Waals surface area contributed by atoms with Crippen LogP contribution in [0.25, 0.3) is 11.1 Å². The summed E-state index contributed by atoms with van der Waals surface area (Å²) in [6.45, 7) is 2.23. The predicted molar refractivity (Wildman–Crippen MR) is 142 cm³/mol. The number of amides is 3. The molecule has 0 saturated heterocycles. The van der Waals surface area contributed by atoms with Crippen LogP contribution < -0.4 is 5.32 Å². The van der Waals surface area contributed by atoms with Crippen molar-refractivity contribution >= 4 is 56.0 Å². The highest BCUT2D eigenvalue weighted by atomic mass is 79.9. The van der Waals surface area contributed by atoms with Crippen LogP contribution in [0.15, 0.2) is 53.0 Å². The van der Waals surface area contributed by atoms with E-state index in [2.05, 4.69) is 21.2 Å². The van der Waals surface area contributed by atoms with Gasteiger partial charge < -0.3 is 10.1 Å². The lowest BCUT2D eigenvalue weighted by atomic mass is 10.0. The number of nitrogens with zero attached hydrogens (tertiary/aromatic N) is 1. The van der Waals surface area contributed by atoms with Gasteiger partial charge in [-0.25, -0.2) is 4.79 Å². The van der Waals surface area contributed by atoms with E-state index in [1.165, 1.54) is 23.3 Å². The monoisotopic (exact) mass is 568 g/mol. The minimum atomic E-state index is -0.506. The molecule has 0 unspecified atom stereocenters. The van der Waals surface area contributed by atoms with Crippen molar-refractivity contribution in [3.05, 3.63) is 74.6 Å². The minimum absolute atomic E-state index is 0.204. The number of imide groups is 1. The van der Waals surface area contributed by atoms with Gasteiger partial charge in [0.05, 0.1) is 18.2 Å². The molecule has 3 amide bonds. The van der Waals surface area contributed by atoms with E-state index < -0.39 is 5.97 Å². The molecule has 2 aromatic carbocycles. The van der Waals surface area contributed by atoms with Gasteiger partial charge >= 0.3 is 5.97 Å². The lowest BCUT2D eigenvalue weighted by molar-refractivity contribution is -0.116. The molecular formula is C27H25BrN2O5S. The molecule has 0 radical (unpaired) electrons. The van der Waals surface area contributed by atoms with E-state index in [0.717, 1.165) is 20.5 Å². The van der Waals surface area contributed by atoms with Gasteiger partial charge in [-0.15, -0.1) is 11.3 Å². The maximum atomic E-state index is 12.7. The number of halogens is 1. The van der Waals surface area contributed by atoms with E-state index >= 15 is 0 Å². The molecule has 0 spiro atoms. The number of aryl methyl sites for hydroxylation is 1. The number of carbonyl (C=O) groups is 4. The summed E-state index contributed by atoms with van der Waals surface area (Å²) < 4.78 is 5.93. The molecular weight excluding hydrogens is 544 g/mol. The molecule has 4 rings (SSSR count). The summed E-state index contributed by atoms with van der Waals surface area (Å²) in [6, 6.07) is 14.4. The van der Waals surface area contributed by atoms with Gasteiger partial charge in [0.25, 0.3) is 11.8 Å². The van der Waals surface area contributed by atoms with Crippen molar-refractivity contribution in [3.63, 3.8) is 0 Å². The molecule has 0 atom stereocenters. The van der Waals surface area contributed by atoms with Gasteiger partial charge in [-0.2, -0.15) is 0 Å². The summed E-state index contributed by atoms with van der Waals surface area (Å²) in [4.78, 5) is 52.3.